The molecule has 0 saturated heterocycles. The number of imidazole rings is 1. The van der Waals surface area contributed by atoms with Crippen LogP contribution in [0.3, 0.4) is 0 Å². The van der Waals surface area contributed by atoms with Crippen molar-refractivity contribution in [3.8, 4) is 11.4 Å². The molecular weight excluding hydrogens is 461 g/mol. The van der Waals surface area contributed by atoms with Crippen LogP contribution < -0.4 is 10.9 Å². The van der Waals surface area contributed by atoms with Crippen molar-refractivity contribution in [1.29, 1.82) is 0 Å². The van der Waals surface area contributed by atoms with E-state index in [-0.39, 0.29) is 33.3 Å². The van der Waals surface area contributed by atoms with Crippen LogP contribution >= 0.6 is 0 Å². The van der Waals surface area contributed by atoms with Gasteiger partial charge in [-0.05, 0) is 18.9 Å². The fourth-order valence-corrected chi connectivity index (χ4v) is 4.41. The summed E-state index contributed by atoms with van der Waals surface area (Å²) < 4.78 is 68.1. The second-order valence-electron chi connectivity index (χ2n) is 7.74. The van der Waals surface area contributed by atoms with Gasteiger partial charge in [-0.25, -0.2) is 28.8 Å². The number of pyridine rings is 1. The van der Waals surface area contributed by atoms with Crippen molar-refractivity contribution in [2.24, 2.45) is 7.05 Å². The SMILES string of the molecule is CCS(=O)(=O)c1nn2c(NNC3CC3)ccnc2c1-c1nc2cc(C(F)(F)F)ncc2n1C. The lowest BCUT2D eigenvalue weighted by Crippen LogP contribution is -2.25. The molecule has 5 rings (SSSR count). The van der Waals surface area contributed by atoms with Crippen LogP contribution in [-0.2, 0) is 23.1 Å². The zero-order valence-electron chi connectivity index (χ0n) is 17.5. The molecule has 0 aromatic carbocycles. The normalized spacial score (nSPS) is 14.9. The molecule has 0 atom stereocenters. The summed E-state index contributed by atoms with van der Waals surface area (Å²) >= 11 is 0. The van der Waals surface area contributed by atoms with Crippen LogP contribution in [0.1, 0.15) is 25.5 Å². The van der Waals surface area contributed by atoms with E-state index in [4.69, 9.17) is 0 Å². The molecule has 1 aliphatic rings. The number of hydrogen-bond acceptors (Lipinski definition) is 8. The molecule has 0 spiro atoms. The van der Waals surface area contributed by atoms with Gasteiger partial charge in [-0.3, -0.25) is 0 Å². The van der Waals surface area contributed by atoms with Crippen molar-refractivity contribution in [1.82, 2.24) is 34.6 Å². The quantitative estimate of drug-likeness (QED) is 0.404. The first-order valence-corrected chi connectivity index (χ1v) is 11.8. The average Bonchev–Trinajstić information content (AvgIpc) is 3.43. The number of sulfone groups is 1. The van der Waals surface area contributed by atoms with Gasteiger partial charge in [0.05, 0.1) is 23.0 Å². The molecule has 4 aromatic rings. The highest BCUT2D eigenvalue weighted by Gasteiger charge is 2.34. The molecule has 0 radical (unpaired) electrons. The Hall–Kier alpha value is -3.26. The molecule has 1 aliphatic carbocycles. The van der Waals surface area contributed by atoms with E-state index in [1.165, 1.54) is 22.2 Å². The summed E-state index contributed by atoms with van der Waals surface area (Å²) in [5.41, 5.74) is 5.70. The summed E-state index contributed by atoms with van der Waals surface area (Å²) in [6.07, 6.45) is -0.0343. The van der Waals surface area contributed by atoms with Crippen LogP contribution in [0.2, 0.25) is 0 Å². The molecule has 0 aliphatic heterocycles. The number of fused-ring (bicyclic) bond motifs is 2. The predicted octanol–water partition coefficient (Wildman–Crippen LogP) is 2.57. The number of hydrazine groups is 1. The number of aromatic nitrogens is 6. The maximum atomic E-state index is 13.1. The zero-order chi connectivity index (χ0) is 23.5. The van der Waals surface area contributed by atoms with E-state index >= 15 is 0 Å². The highest BCUT2D eigenvalue weighted by molar-refractivity contribution is 7.91. The summed E-state index contributed by atoms with van der Waals surface area (Å²) in [5.74, 6) is 0.356. The number of aryl methyl sites for hydroxylation is 1. The van der Waals surface area contributed by atoms with Gasteiger partial charge in [-0.15, -0.1) is 0 Å². The van der Waals surface area contributed by atoms with Crippen LogP contribution in [-0.4, -0.2) is 49.3 Å². The van der Waals surface area contributed by atoms with E-state index < -0.39 is 21.7 Å². The lowest BCUT2D eigenvalue weighted by molar-refractivity contribution is -0.141. The van der Waals surface area contributed by atoms with Gasteiger partial charge in [0.1, 0.15) is 22.9 Å². The molecule has 4 aromatic heterocycles. The molecule has 1 fully saturated rings. The summed E-state index contributed by atoms with van der Waals surface area (Å²) in [4.78, 5) is 12.1. The first kappa shape index (κ1) is 21.6. The highest BCUT2D eigenvalue weighted by Crippen LogP contribution is 2.35. The van der Waals surface area contributed by atoms with E-state index in [1.807, 2.05) is 0 Å². The third-order valence-electron chi connectivity index (χ3n) is 5.42. The van der Waals surface area contributed by atoms with Crippen LogP contribution in [0.15, 0.2) is 29.6 Å². The largest absolute Gasteiger partial charge is 0.433 e. The third kappa shape index (κ3) is 3.68. The standard InChI is InChI=1S/C19H19F3N8O2S/c1-3-33(31,32)18-15(16-23-7-6-14(30(16)28-18)27-26-10-4-5-10)17-25-11-8-13(19(20,21)22)24-9-12(11)29(17)2/h6-10,26-27H,3-5H2,1-2H3. The van der Waals surface area contributed by atoms with Crippen molar-refractivity contribution >= 4 is 32.3 Å². The molecule has 10 nitrogen and oxygen atoms in total. The number of halogens is 3. The molecule has 2 N–H and O–H groups in total. The summed E-state index contributed by atoms with van der Waals surface area (Å²) in [6.45, 7) is 1.48. The smallest absolute Gasteiger partial charge is 0.326 e. The summed E-state index contributed by atoms with van der Waals surface area (Å²) in [5, 5.41) is 4.06. The topological polar surface area (TPSA) is 119 Å². The molecule has 1 saturated carbocycles. The third-order valence-corrected chi connectivity index (χ3v) is 7.06. The van der Waals surface area contributed by atoms with Gasteiger partial charge >= 0.3 is 6.18 Å². The number of nitrogens with zero attached hydrogens (tertiary/aromatic N) is 6. The molecule has 14 heteroatoms. The van der Waals surface area contributed by atoms with Crippen LogP contribution in [0.25, 0.3) is 28.1 Å². The fraction of sp³-hybridized carbons (Fsp3) is 0.368. The lowest BCUT2D eigenvalue weighted by atomic mass is 10.3. The van der Waals surface area contributed by atoms with E-state index in [2.05, 4.69) is 30.9 Å². The second kappa shape index (κ2) is 7.38. The Morgan fingerprint density at radius 2 is 2.00 bits per heavy atom. The van der Waals surface area contributed by atoms with Gasteiger partial charge in [-0.2, -0.15) is 22.8 Å². The number of nitrogens with one attached hydrogen (secondary N) is 2. The van der Waals surface area contributed by atoms with Gasteiger partial charge in [0.2, 0.25) is 0 Å². The minimum atomic E-state index is -4.64. The maximum Gasteiger partial charge on any atom is 0.433 e. The fourth-order valence-electron chi connectivity index (χ4n) is 3.44. The molecular formula is C19H19F3N8O2S. The average molecular weight is 480 g/mol. The maximum absolute atomic E-state index is 13.1. The van der Waals surface area contributed by atoms with E-state index in [9.17, 15) is 21.6 Å². The zero-order valence-corrected chi connectivity index (χ0v) is 18.4. The van der Waals surface area contributed by atoms with Crippen LogP contribution in [0.4, 0.5) is 19.0 Å². The number of hydrogen-bond donors (Lipinski definition) is 2. The Morgan fingerprint density at radius 3 is 2.67 bits per heavy atom. The summed E-state index contributed by atoms with van der Waals surface area (Å²) in [7, 11) is -2.26. The van der Waals surface area contributed by atoms with E-state index in [0.29, 0.717) is 17.4 Å². The van der Waals surface area contributed by atoms with Crippen molar-refractivity contribution in [2.75, 3.05) is 11.2 Å². The van der Waals surface area contributed by atoms with Gasteiger partial charge in [0, 0.05) is 25.4 Å². The Balaban J connectivity index is 1.76. The Kier molecular flexibility index (Phi) is 4.83. The summed E-state index contributed by atoms with van der Waals surface area (Å²) in [6, 6.07) is 2.78. The molecule has 0 unspecified atom stereocenters. The lowest BCUT2D eigenvalue weighted by Gasteiger charge is -2.08. The minimum Gasteiger partial charge on any atom is -0.326 e. The van der Waals surface area contributed by atoms with Gasteiger partial charge in [0.25, 0.3) is 0 Å². The van der Waals surface area contributed by atoms with Gasteiger partial charge in [-0.1, -0.05) is 6.92 Å². The van der Waals surface area contributed by atoms with Gasteiger partial charge < -0.3 is 9.99 Å². The van der Waals surface area contributed by atoms with E-state index in [1.54, 1.807) is 13.1 Å². The van der Waals surface area contributed by atoms with Crippen LogP contribution in [0.5, 0.6) is 0 Å². The molecule has 0 bridgehead atoms. The van der Waals surface area contributed by atoms with Gasteiger partial charge in [0.15, 0.2) is 20.5 Å². The molecule has 0 amide bonds. The monoisotopic (exact) mass is 480 g/mol. The van der Waals surface area contributed by atoms with Crippen molar-refractivity contribution in [3.63, 3.8) is 0 Å². The predicted molar refractivity (Wildman–Crippen MR) is 113 cm³/mol. The molecule has 33 heavy (non-hydrogen) atoms. The van der Waals surface area contributed by atoms with Crippen molar-refractivity contribution in [2.45, 2.75) is 37.0 Å². The highest BCUT2D eigenvalue weighted by atomic mass is 32.2. The minimum absolute atomic E-state index is 0.0266. The van der Waals surface area contributed by atoms with E-state index in [0.717, 1.165) is 25.1 Å². The molecule has 4 heterocycles. The first-order chi connectivity index (χ1) is 15.6. The Morgan fingerprint density at radius 1 is 1.24 bits per heavy atom. The molecule has 174 valence electrons. The number of alkyl halides is 3. The second-order valence-corrected chi connectivity index (χ2v) is 9.94. The van der Waals surface area contributed by atoms with Crippen LogP contribution in [0, 0.1) is 0 Å². The number of rotatable bonds is 6. The first-order valence-electron chi connectivity index (χ1n) is 10.1. The Labute approximate surface area is 185 Å². The van der Waals surface area contributed by atoms with Crippen molar-refractivity contribution < 1.29 is 21.6 Å². The van der Waals surface area contributed by atoms with Crippen molar-refractivity contribution in [3.05, 3.63) is 30.2 Å². The Bertz CT molecular complexity index is 1490. The number of anilines is 1.